The second-order valence-electron chi connectivity index (χ2n) is 3.72. The van der Waals surface area contributed by atoms with Gasteiger partial charge in [-0.2, -0.15) is 0 Å². The number of hydrogen-bond donors (Lipinski definition) is 1. The number of carbonyl (C=O) groups is 1. The number of halogens is 1. The van der Waals surface area contributed by atoms with Crippen molar-refractivity contribution in [3.05, 3.63) is 29.8 Å². The highest BCUT2D eigenvalue weighted by Gasteiger charge is 2.40. The van der Waals surface area contributed by atoms with Crippen LogP contribution >= 0.6 is 12.4 Å². The molecule has 0 aliphatic carbocycles. The van der Waals surface area contributed by atoms with Gasteiger partial charge in [0, 0.05) is 6.42 Å². The highest BCUT2D eigenvalue weighted by molar-refractivity contribution is 5.85. The Bertz CT molecular complexity index is 397. The van der Waals surface area contributed by atoms with Crippen LogP contribution in [-0.4, -0.2) is 25.2 Å². The maximum atomic E-state index is 11.5. The fourth-order valence-electron chi connectivity index (χ4n) is 1.72. The van der Waals surface area contributed by atoms with E-state index in [1.165, 1.54) is 7.11 Å². The minimum absolute atomic E-state index is 0. The van der Waals surface area contributed by atoms with E-state index >= 15 is 0 Å². The summed E-state index contributed by atoms with van der Waals surface area (Å²) in [4.78, 5) is 11.5. The summed E-state index contributed by atoms with van der Waals surface area (Å²) in [6, 6.07) is 7.55. The van der Waals surface area contributed by atoms with Crippen LogP contribution in [0.3, 0.4) is 0 Å². The van der Waals surface area contributed by atoms with Crippen LogP contribution in [0, 0.1) is 0 Å². The van der Waals surface area contributed by atoms with E-state index in [1.54, 1.807) is 0 Å². The third-order valence-electron chi connectivity index (χ3n) is 2.56. The molecule has 5 heteroatoms. The van der Waals surface area contributed by atoms with Gasteiger partial charge in [-0.05, 0) is 11.6 Å². The van der Waals surface area contributed by atoms with Crippen molar-refractivity contribution in [3.8, 4) is 5.75 Å². The third-order valence-corrected chi connectivity index (χ3v) is 2.56. The molecule has 2 rings (SSSR count). The second kappa shape index (κ2) is 4.72. The normalized spacial score (nSPS) is 22.4. The molecular weight excluding hydrogens is 230 g/mol. The summed E-state index contributed by atoms with van der Waals surface area (Å²) >= 11 is 0. The number of ether oxygens (including phenoxy) is 2. The lowest BCUT2D eigenvalue weighted by Gasteiger charge is -2.31. The lowest BCUT2D eigenvalue weighted by molar-refractivity contribution is -0.148. The molecule has 0 aromatic heterocycles. The number of nitrogens with two attached hydrogens (primary N) is 1. The SMILES string of the molecule is COC(=O)C1(N)COc2ccccc2C1.Cl. The molecule has 1 aliphatic rings. The monoisotopic (exact) mass is 243 g/mol. The van der Waals surface area contributed by atoms with Gasteiger partial charge in [0.25, 0.3) is 0 Å². The van der Waals surface area contributed by atoms with Crippen LogP contribution in [0.2, 0.25) is 0 Å². The van der Waals surface area contributed by atoms with Gasteiger partial charge < -0.3 is 15.2 Å². The Morgan fingerprint density at radius 1 is 1.50 bits per heavy atom. The van der Waals surface area contributed by atoms with Crippen LogP contribution in [-0.2, 0) is 16.0 Å². The number of methoxy groups -OCH3 is 1. The molecule has 2 N–H and O–H groups in total. The van der Waals surface area contributed by atoms with E-state index in [1.807, 2.05) is 24.3 Å². The average Bonchev–Trinajstić information content (AvgIpc) is 2.27. The molecule has 0 bridgehead atoms. The minimum atomic E-state index is -1.05. The van der Waals surface area contributed by atoms with E-state index in [4.69, 9.17) is 10.5 Å². The van der Waals surface area contributed by atoms with E-state index in [9.17, 15) is 4.79 Å². The summed E-state index contributed by atoms with van der Waals surface area (Å²) in [5.41, 5.74) is 5.82. The van der Waals surface area contributed by atoms with Crippen molar-refractivity contribution >= 4 is 18.4 Å². The molecule has 88 valence electrons. The summed E-state index contributed by atoms with van der Waals surface area (Å²) in [5, 5.41) is 0. The first-order chi connectivity index (χ1) is 7.15. The number of esters is 1. The highest BCUT2D eigenvalue weighted by Crippen LogP contribution is 2.28. The quantitative estimate of drug-likeness (QED) is 0.745. The van der Waals surface area contributed by atoms with Crippen LogP contribution in [0.4, 0.5) is 0 Å². The van der Waals surface area contributed by atoms with Gasteiger partial charge in [0.15, 0.2) is 5.54 Å². The Labute approximate surface area is 100 Å². The van der Waals surface area contributed by atoms with Crippen molar-refractivity contribution in [3.63, 3.8) is 0 Å². The van der Waals surface area contributed by atoms with Crippen molar-refractivity contribution < 1.29 is 14.3 Å². The zero-order valence-electron chi connectivity index (χ0n) is 8.93. The van der Waals surface area contributed by atoms with Gasteiger partial charge >= 0.3 is 5.97 Å². The fraction of sp³-hybridized carbons (Fsp3) is 0.364. The second-order valence-corrected chi connectivity index (χ2v) is 3.72. The number of rotatable bonds is 1. The summed E-state index contributed by atoms with van der Waals surface area (Å²) in [6.07, 6.45) is 0.454. The van der Waals surface area contributed by atoms with Crippen molar-refractivity contribution in [2.75, 3.05) is 13.7 Å². The van der Waals surface area contributed by atoms with Crippen molar-refractivity contribution in [2.45, 2.75) is 12.0 Å². The van der Waals surface area contributed by atoms with Crippen molar-refractivity contribution in [1.29, 1.82) is 0 Å². The molecule has 1 aliphatic heterocycles. The van der Waals surface area contributed by atoms with Crippen LogP contribution in [0.1, 0.15) is 5.56 Å². The maximum absolute atomic E-state index is 11.5. The minimum Gasteiger partial charge on any atom is -0.491 e. The van der Waals surface area contributed by atoms with Gasteiger partial charge in [-0.25, -0.2) is 4.79 Å². The third kappa shape index (κ3) is 2.13. The molecule has 0 amide bonds. The number of fused-ring (bicyclic) bond motifs is 1. The number of hydrogen-bond acceptors (Lipinski definition) is 4. The van der Waals surface area contributed by atoms with Gasteiger partial charge in [-0.1, -0.05) is 18.2 Å². The summed E-state index contributed by atoms with van der Waals surface area (Å²) in [5.74, 6) is 0.361. The first kappa shape index (κ1) is 12.8. The zero-order chi connectivity index (χ0) is 10.9. The van der Waals surface area contributed by atoms with Gasteiger partial charge in [0.1, 0.15) is 12.4 Å². The molecule has 4 nitrogen and oxygen atoms in total. The molecule has 0 fully saturated rings. The lowest BCUT2D eigenvalue weighted by Crippen LogP contribution is -2.56. The Hall–Kier alpha value is -1.26. The molecule has 1 heterocycles. The predicted octanol–water partition coefficient (Wildman–Crippen LogP) is 0.914. The first-order valence-corrected chi connectivity index (χ1v) is 4.74. The smallest absolute Gasteiger partial charge is 0.329 e. The molecule has 1 atom stereocenters. The predicted molar refractivity (Wildman–Crippen MR) is 61.8 cm³/mol. The molecule has 16 heavy (non-hydrogen) atoms. The fourth-order valence-corrected chi connectivity index (χ4v) is 1.72. The maximum Gasteiger partial charge on any atom is 0.329 e. The van der Waals surface area contributed by atoms with Gasteiger partial charge in [-0.15, -0.1) is 12.4 Å². The summed E-state index contributed by atoms with van der Waals surface area (Å²) < 4.78 is 10.1. The molecule has 0 radical (unpaired) electrons. The highest BCUT2D eigenvalue weighted by atomic mass is 35.5. The van der Waals surface area contributed by atoms with E-state index < -0.39 is 11.5 Å². The Morgan fingerprint density at radius 2 is 2.19 bits per heavy atom. The Balaban J connectivity index is 0.00000128. The van der Waals surface area contributed by atoms with Crippen LogP contribution in [0.15, 0.2) is 24.3 Å². The summed E-state index contributed by atoms with van der Waals surface area (Å²) in [6.45, 7) is 0.163. The van der Waals surface area contributed by atoms with Gasteiger partial charge in [-0.3, -0.25) is 0 Å². The lowest BCUT2D eigenvalue weighted by atomic mass is 9.90. The van der Waals surface area contributed by atoms with Crippen LogP contribution in [0.25, 0.3) is 0 Å². The van der Waals surface area contributed by atoms with Crippen molar-refractivity contribution in [2.24, 2.45) is 5.73 Å². The molecule has 1 unspecified atom stereocenters. The first-order valence-electron chi connectivity index (χ1n) is 4.74. The van der Waals surface area contributed by atoms with Crippen LogP contribution in [0.5, 0.6) is 5.75 Å². The van der Waals surface area contributed by atoms with E-state index in [0.29, 0.717) is 6.42 Å². The summed E-state index contributed by atoms with van der Waals surface area (Å²) in [7, 11) is 1.33. The zero-order valence-corrected chi connectivity index (χ0v) is 9.75. The molecule has 1 aromatic carbocycles. The number of para-hydroxylation sites is 1. The topological polar surface area (TPSA) is 61.5 Å². The molecule has 0 spiro atoms. The standard InChI is InChI=1S/C11H13NO3.ClH/c1-14-10(13)11(12)6-8-4-2-3-5-9(8)15-7-11;/h2-5H,6-7,12H2,1H3;1H. The van der Waals surface area contributed by atoms with E-state index in [-0.39, 0.29) is 19.0 Å². The largest absolute Gasteiger partial charge is 0.491 e. The molecule has 1 aromatic rings. The van der Waals surface area contributed by atoms with E-state index in [0.717, 1.165) is 11.3 Å². The van der Waals surface area contributed by atoms with Gasteiger partial charge in [0.05, 0.1) is 7.11 Å². The average molecular weight is 244 g/mol. The number of carbonyl (C=O) groups excluding carboxylic acids is 1. The van der Waals surface area contributed by atoms with Crippen LogP contribution < -0.4 is 10.5 Å². The van der Waals surface area contributed by atoms with Gasteiger partial charge in [0.2, 0.25) is 0 Å². The van der Waals surface area contributed by atoms with E-state index in [2.05, 4.69) is 4.74 Å². The molecular formula is C11H14ClNO3. The molecule has 0 saturated carbocycles. The Kier molecular flexibility index (Phi) is 3.78. The molecule has 0 saturated heterocycles. The Morgan fingerprint density at radius 3 is 2.88 bits per heavy atom. The number of benzene rings is 1. The van der Waals surface area contributed by atoms with Crippen molar-refractivity contribution in [1.82, 2.24) is 0 Å².